The first-order valence-electron chi connectivity index (χ1n) is 24.7. The summed E-state index contributed by atoms with van der Waals surface area (Å²) in [6, 6.07) is 0. The van der Waals surface area contributed by atoms with Gasteiger partial charge < -0.3 is 14.2 Å². The van der Waals surface area contributed by atoms with Crippen LogP contribution in [0.2, 0.25) is 0 Å². The summed E-state index contributed by atoms with van der Waals surface area (Å²) in [5.74, 6) is -1.02. The molecule has 0 unspecified atom stereocenters. The molecule has 0 bridgehead atoms. The molecule has 0 aliphatic rings. The Morgan fingerprint density at radius 3 is 1.10 bits per heavy atom. The molecule has 6 nitrogen and oxygen atoms in total. The third-order valence-electron chi connectivity index (χ3n) is 10.1. The largest absolute Gasteiger partial charge is 0.462 e. The van der Waals surface area contributed by atoms with Crippen molar-refractivity contribution >= 4 is 17.9 Å². The molecule has 0 radical (unpaired) electrons. The maximum atomic E-state index is 12.7. The third-order valence-corrected chi connectivity index (χ3v) is 10.1. The number of allylic oxidation sites excluding steroid dienone is 16. The molecule has 0 saturated heterocycles. The van der Waals surface area contributed by atoms with E-state index in [1.54, 1.807) is 0 Å². The maximum absolute atomic E-state index is 12.7. The molecule has 6 heteroatoms. The lowest BCUT2D eigenvalue weighted by molar-refractivity contribution is -0.167. The Morgan fingerprint density at radius 1 is 0.344 bits per heavy atom. The normalized spacial score (nSPS) is 12.9. The van der Waals surface area contributed by atoms with E-state index in [0.717, 1.165) is 83.5 Å². The summed E-state index contributed by atoms with van der Waals surface area (Å²) < 4.78 is 16.7. The molecule has 1 atom stereocenters. The van der Waals surface area contributed by atoms with E-state index in [9.17, 15) is 14.4 Å². The molecule has 0 aromatic rings. The van der Waals surface area contributed by atoms with Crippen LogP contribution in [-0.2, 0) is 28.6 Å². The number of rotatable bonds is 43. The van der Waals surface area contributed by atoms with Crippen molar-refractivity contribution in [1.82, 2.24) is 0 Å². The summed E-state index contributed by atoms with van der Waals surface area (Å²) in [7, 11) is 0. The molecule has 0 amide bonds. The van der Waals surface area contributed by atoms with Crippen LogP contribution in [0.1, 0.15) is 213 Å². The number of ether oxygens (including phenoxy) is 3. The molecule has 0 heterocycles. The first-order valence-corrected chi connectivity index (χ1v) is 24.7. The fraction of sp³-hybridized carbons (Fsp3) is 0.655. The zero-order valence-corrected chi connectivity index (χ0v) is 39.4. The highest BCUT2D eigenvalue weighted by molar-refractivity contribution is 5.71. The van der Waals surface area contributed by atoms with E-state index < -0.39 is 6.10 Å². The molecule has 0 spiro atoms. The summed E-state index contributed by atoms with van der Waals surface area (Å²) in [5.41, 5.74) is 0. The molecule has 0 saturated carbocycles. The van der Waals surface area contributed by atoms with Crippen molar-refractivity contribution < 1.29 is 28.6 Å². The third kappa shape index (κ3) is 47.2. The standard InChI is InChI=1S/C55H90O6/c1-4-7-10-13-16-19-22-24-26-27-29-30-33-36-39-42-45-48-54(57)60-51-52(50-59-53(56)47-44-41-38-35-32-21-18-15-12-9-6-3)61-55(58)49-46-43-40-37-34-31-28-25-23-20-17-14-11-8-5-2/h8,11,16-17,19-20,24-26,28-30,34,36-37,39,52H,4-7,9-10,12-15,18,21-23,27,31-33,35,38,40-51H2,1-3H3/b11-8-,19-16-,20-17-,26-24-,28-25-,30-29-,37-34-,39-36-/t52-/m1/s1. The lowest BCUT2D eigenvalue weighted by Crippen LogP contribution is -2.30. The highest BCUT2D eigenvalue weighted by atomic mass is 16.6. The topological polar surface area (TPSA) is 78.9 Å². The molecule has 0 aromatic heterocycles. The van der Waals surface area contributed by atoms with Gasteiger partial charge in [0, 0.05) is 19.3 Å². The predicted molar refractivity (Wildman–Crippen MR) is 260 cm³/mol. The van der Waals surface area contributed by atoms with Gasteiger partial charge in [-0.15, -0.1) is 0 Å². The number of hydrogen-bond acceptors (Lipinski definition) is 6. The van der Waals surface area contributed by atoms with Gasteiger partial charge in [0.15, 0.2) is 6.10 Å². The van der Waals surface area contributed by atoms with Gasteiger partial charge in [-0.3, -0.25) is 14.4 Å². The van der Waals surface area contributed by atoms with Crippen LogP contribution < -0.4 is 0 Å². The summed E-state index contributed by atoms with van der Waals surface area (Å²) >= 11 is 0. The van der Waals surface area contributed by atoms with E-state index in [2.05, 4.69) is 118 Å². The number of carbonyl (C=O) groups excluding carboxylic acids is 3. The van der Waals surface area contributed by atoms with Crippen LogP contribution in [-0.4, -0.2) is 37.2 Å². The van der Waals surface area contributed by atoms with Crippen molar-refractivity contribution in [3.63, 3.8) is 0 Å². The Balaban J connectivity index is 4.54. The van der Waals surface area contributed by atoms with Crippen LogP contribution in [0.25, 0.3) is 0 Å². The van der Waals surface area contributed by atoms with E-state index in [1.165, 1.54) is 77.0 Å². The molecule has 346 valence electrons. The second kappa shape index (κ2) is 49.0. The number of unbranched alkanes of at least 4 members (excludes halogenated alkanes) is 16. The second-order valence-corrected chi connectivity index (χ2v) is 16.0. The van der Waals surface area contributed by atoms with Crippen molar-refractivity contribution in [2.45, 2.75) is 219 Å². The smallest absolute Gasteiger partial charge is 0.306 e. The van der Waals surface area contributed by atoms with Gasteiger partial charge in [0.1, 0.15) is 13.2 Å². The minimum atomic E-state index is -0.819. The van der Waals surface area contributed by atoms with E-state index >= 15 is 0 Å². The quantitative estimate of drug-likeness (QED) is 0.0263. The van der Waals surface area contributed by atoms with Crippen molar-refractivity contribution in [2.75, 3.05) is 13.2 Å². The van der Waals surface area contributed by atoms with E-state index in [-0.39, 0.29) is 44.0 Å². The lowest BCUT2D eigenvalue weighted by atomic mass is 10.1. The van der Waals surface area contributed by atoms with Crippen LogP contribution in [0.15, 0.2) is 97.2 Å². The van der Waals surface area contributed by atoms with Crippen LogP contribution in [0, 0.1) is 0 Å². The van der Waals surface area contributed by atoms with Gasteiger partial charge in [-0.2, -0.15) is 0 Å². The molecular weight excluding hydrogens is 757 g/mol. The van der Waals surface area contributed by atoms with Crippen LogP contribution in [0.4, 0.5) is 0 Å². The summed E-state index contributed by atoms with van der Waals surface area (Å²) in [6.07, 6.45) is 63.9. The molecule has 61 heavy (non-hydrogen) atoms. The highest BCUT2D eigenvalue weighted by Gasteiger charge is 2.19. The monoisotopic (exact) mass is 847 g/mol. The predicted octanol–water partition coefficient (Wildman–Crippen LogP) is 16.2. The van der Waals surface area contributed by atoms with Crippen LogP contribution in [0.5, 0.6) is 0 Å². The van der Waals surface area contributed by atoms with Gasteiger partial charge in [0.2, 0.25) is 0 Å². The minimum absolute atomic E-state index is 0.111. The molecule has 0 aliphatic heterocycles. The van der Waals surface area contributed by atoms with Gasteiger partial charge in [0.25, 0.3) is 0 Å². The highest BCUT2D eigenvalue weighted by Crippen LogP contribution is 2.13. The first-order chi connectivity index (χ1) is 30.0. The van der Waals surface area contributed by atoms with E-state index in [0.29, 0.717) is 19.3 Å². The Hall–Kier alpha value is -3.67. The zero-order chi connectivity index (χ0) is 44.4. The van der Waals surface area contributed by atoms with Gasteiger partial charge in [0.05, 0.1) is 0 Å². The molecule has 0 fully saturated rings. The van der Waals surface area contributed by atoms with Crippen LogP contribution in [0.3, 0.4) is 0 Å². The molecule has 0 aromatic carbocycles. The second-order valence-electron chi connectivity index (χ2n) is 16.0. The van der Waals surface area contributed by atoms with Gasteiger partial charge >= 0.3 is 17.9 Å². The van der Waals surface area contributed by atoms with Crippen LogP contribution >= 0.6 is 0 Å². The van der Waals surface area contributed by atoms with Crippen molar-refractivity contribution in [3.8, 4) is 0 Å². The Kier molecular flexibility index (Phi) is 46.0. The van der Waals surface area contributed by atoms with Crippen molar-refractivity contribution in [2.24, 2.45) is 0 Å². The van der Waals surface area contributed by atoms with E-state index in [4.69, 9.17) is 14.2 Å². The number of esters is 3. The molecule has 0 N–H and O–H groups in total. The molecule has 0 rings (SSSR count). The van der Waals surface area contributed by atoms with E-state index in [1.807, 2.05) is 0 Å². The fourth-order valence-corrected chi connectivity index (χ4v) is 6.36. The number of carbonyl (C=O) groups is 3. The summed E-state index contributed by atoms with van der Waals surface area (Å²) in [4.78, 5) is 37.8. The maximum Gasteiger partial charge on any atom is 0.306 e. The summed E-state index contributed by atoms with van der Waals surface area (Å²) in [5, 5.41) is 0. The average molecular weight is 847 g/mol. The minimum Gasteiger partial charge on any atom is -0.462 e. The Bertz CT molecular complexity index is 1250. The first kappa shape index (κ1) is 57.3. The van der Waals surface area contributed by atoms with Gasteiger partial charge in [-0.25, -0.2) is 0 Å². The molecular formula is C55H90O6. The average Bonchev–Trinajstić information content (AvgIpc) is 3.26. The SMILES string of the molecule is CC/C=C\C/C=C\C/C=C\C/C=C\CCCCC(=O)O[C@@H](COC(=O)CCC/C=C\C/C=C\C/C=C\C/C=C\CCCCC)COC(=O)CCCCCCCCCCCCC. The van der Waals surface area contributed by atoms with Gasteiger partial charge in [-0.1, -0.05) is 195 Å². The Morgan fingerprint density at radius 2 is 0.656 bits per heavy atom. The fourth-order valence-electron chi connectivity index (χ4n) is 6.36. The summed E-state index contributed by atoms with van der Waals surface area (Å²) in [6.45, 7) is 6.39. The molecule has 0 aliphatic carbocycles. The van der Waals surface area contributed by atoms with Crippen molar-refractivity contribution in [3.05, 3.63) is 97.2 Å². The zero-order valence-electron chi connectivity index (χ0n) is 39.4. The lowest BCUT2D eigenvalue weighted by Gasteiger charge is -2.18. The number of hydrogen-bond donors (Lipinski definition) is 0. The van der Waals surface area contributed by atoms with Crippen molar-refractivity contribution in [1.29, 1.82) is 0 Å². The Labute approximate surface area is 375 Å². The van der Waals surface area contributed by atoms with Gasteiger partial charge in [-0.05, 0) is 96.3 Å².